The molecule has 3 rings (SSSR count). The topological polar surface area (TPSA) is 68.3 Å². The average Bonchev–Trinajstić information content (AvgIpc) is 2.90. The van der Waals surface area contributed by atoms with E-state index in [4.69, 9.17) is 4.42 Å². The molecule has 1 saturated carbocycles. The summed E-state index contributed by atoms with van der Waals surface area (Å²) >= 11 is 0. The molecule has 2 heterocycles. The van der Waals surface area contributed by atoms with Crippen LogP contribution in [0.4, 0.5) is 0 Å². The van der Waals surface area contributed by atoms with Crippen LogP contribution >= 0.6 is 0 Å². The zero-order valence-corrected chi connectivity index (χ0v) is 10.0. The van der Waals surface area contributed by atoms with Gasteiger partial charge >= 0.3 is 5.97 Å². The van der Waals surface area contributed by atoms with Gasteiger partial charge in [0.05, 0.1) is 12.3 Å². The largest absolute Gasteiger partial charge is 0.478 e. The van der Waals surface area contributed by atoms with E-state index < -0.39 is 5.97 Å². The van der Waals surface area contributed by atoms with Crippen LogP contribution in [0, 0.1) is 5.92 Å². The number of hydrogen-bond donors (Lipinski definition) is 1. The molecular formula is C13H14N2O3. The molecule has 0 radical (unpaired) electrons. The Kier molecular flexibility index (Phi) is 2.47. The summed E-state index contributed by atoms with van der Waals surface area (Å²) in [6.45, 7) is 2.07. The third-order valence-electron chi connectivity index (χ3n) is 3.44. The molecule has 1 fully saturated rings. The number of aromatic carboxylic acids is 1. The maximum Gasteiger partial charge on any atom is 0.339 e. The molecule has 94 valence electrons. The average molecular weight is 246 g/mol. The summed E-state index contributed by atoms with van der Waals surface area (Å²) in [5.41, 5.74) is 0.595. The molecule has 2 aromatic heterocycles. The molecule has 18 heavy (non-hydrogen) atoms. The van der Waals surface area contributed by atoms with Crippen molar-refractivity contribution >= 4 is 5.97 Å². The third-order valence-corrected chi connectivity index (χ3v) is 3.44. The van der Waals surface area contributed by atoms with Gasteiger partial charge in [0.25, 0.3) is 0 Å². The monoisotopic (exact) mass is 246 g/mol. The summed E-state index contributed by atoms with van der Waals surface area (Å²) in [5, 5.41) is 13.6. The fraction of sp³-hybridized carbons (Fsp3) is 0.385. The number of carboxylic acid groups (broad SMARTS) is 1. The van der Waals surface area contributed by atoms with E-state index in [0.29, 0.717) is 17.4 Å². The Bertz CT molecular complexity index is 567. The van der Waals surface area contributed by atoms with E-state index in [-0.39, 0.29) is 11.6 Å². The second-order valence-electron chi connectivity index (χ2n) is 4.73. The first-order chi connectivity index (χ1) is 8.66. The van der Waals surface area contributed by atoms with Crippen LogP contribution in [0.3, 0.4) is 0 Å². The van der Waals surface area contributed by atoms with Gasteiger partial charge in [-0.05, 0) is 37.8 Å². The summed E-state index contributed by atoms with van der Waals surface area (Å²) in [6.07, 6.45) is 5.51. The van der Waals surface area contributed by atoms with Crippen molar-refractivity contribution in [3.05, 3.63) is 30.2 Å². The van der Waals surface area contributed by atoms with Gasteiger partial charge < -0.3 is 9.52 Å². The van der Waals surface area contributed by atoms with Crippen LogP contribution in [0.25, 0.3) is 11.5 Å². The van der Waals surface area contributed by atoms with Crippen LogP contribution in [-0.4, -0.2) is 20.9 Å². The normalized spacial score (nSPS) is 16.7. The molecular weight excluding hydrogens is 232 g/mol. The molecule has 0 saturated heterocycles. The van der Waals surface area contributed by atoms with Gasteiger partial charge in [-0.1, -0.05) is 0 Å². The molecule has 0 amide bonds. The van der Waals surface area contributed by atoms with Crippen LogP contribution < -0.4 is 0 Å². The summed E-state index contributed by atoms with van der Waals surface area (Å²) < 4.78 is 6.99. The van der Waals surface area contributed by atoms with Crippen molar-refractivity contribution in [1.82, 2.24) is 9.78 Å². The Morgan fingerprint density at radius 3 is 2.94 bits per heavy atom. The van der Waals surface area contributed by atoms with E-state index in [0.717, 1.165) is 0 Å². The van der Waals surface area contributed by atoms with E-state index in [9.17, 15) is 9.90 Å². The Morgan fingerprint density at radius 2 is 2.39 bits per heavy atom. The van der Waals surface area contributed by atoms with Crippen LogP contribution in [0.15, 0.2) is 29.0 Å². The molecule has 0 spiro atoms. The molecule has 1 unspecified atom stereocenters. The van der Waals surface area contributed by atoms with Gasteiger partial charge in [-0.25, -0.2) is 4.79 Å². The highest BCUT2D eigenvalue weighted by molar-refractivity contribution is 5.93. The number of nitrogens with zero attached hydrogens (tertiary/aromatic N) is 2. The second kappa shape index (κ2) is 4.01. The van der Waals surface area contributed by atoms with E-state index in [1.54, 1.807) is 23.0 Å². The Hall–Kier alpha value is -2.04. The van der Waals surface area contributed by atoms with Crippen molar-refractivity contribution in [2.45, 2.75) is 25.8 Å². The Balaban J connectivity index is 2.03. The van der Waals surface area contributed by atoms with Crippen molar-refractivity contribution < 1.29 is 14.3 Å². The lowest BCUT2D eigenvalue weighted by atomic mass is 10.2. The molecule has 1 aliphatic rings. The lowest BCUT2D eigenvalue weighted by Crippen LogP contribution is -2.07. The smallest absolute Gasteiger partial charge is 0.339 e. The number of rotatable bonds is 4. The molecule has 0 aromatic carbocycles. The predicted molar refractivity (Wildman–Crippen MR) is 64.3 cm³/mol. The molecule has 5 nitrogen and oxygen atoms in total. The number of furan rings is 1. The maximum atomic E-state index is 11.2. The molecule has 1 atom stereocenters. The lowest BCUT2D eigenvalue weighted by Gasteiger charge is -2.09. The predicted octanol–water partition coefficient (Wildman–Crippen LogP) is 2.81. The van der Waals surface area contributed by atoms with E-state index in [2.05, 4.69) is 12.0 Å². The molecule has 1 N–H and O–H groups in total. The van der Waals surface area contributed by atoms with Crippen molar-refractivity contribution in [3.63, 3.8) is 0 Å². The fourth-order valence-corrected chi connectivity index (χ4v) is 2.15. The second-order valence-corrected chi connectivity index (χ2v) is 4.73. The highest BCUT2D eigenvalue weighted by atomic mass is 16.4. The van der Waals surface area contributed by atoms with Gasteiger partial charge in [-0.15, -0.1) is 0 Å². The quantitative estimate of drug-likeness (QED) is 0.900. The first kappa shape index (κ1) is 11.1. The molecule has 5 heteroatoms. The van der Waals surface area contributed by atoms with Gasteiger partial charge in [0.2, 0.25) is 0 Å². The van der Waals surface area contributed by atoms with Gasteiger partial charge in [-0.2, -0.15) is 5.10 Å². The highest BCUT2D eigenvalue weighted by Crippen LogP contribution is 2.39. The highest BCUT2D eigenvalue weighted by Gasteiger charge is 2.31. The van der Waals surface area contributed by atoms with Gasteiger partial charge in [0.1, 0.15) is 11.3 Å². The number of carbonyl (C=O) groups is 1. The fourth-order valence-electron chi connectivity index (χ4n) is 2.15. The van der Waals surface area contributed by atoms with Crippen molar-refractivity contribution in [2.24, 2.45) is 5.92 Å². The zero-order valence-electron chi connectivity index (χ0n) is 10.0. The molecule has 0 bridgehead atoms. The third kappa shape index (κ3) is 1.81. The Labute approximate surface area is 104 Å². The molecule has 2 aromatic rings. The maximum absolute atomic E-state index is 11.2. The number of hydrogen-bond acceptors (Lipinski definition) is 3. The van der Waals surface area contributed by atoms with Crippen LogP contribution in [0.5, 0.6) is 0 Å². The minimum atomic E-state index is -0.976. The van der Waals surface area contributed by atoms with Crippen LogP contribution in [0.1, 0.15) is 36.2 Å². The minimum absolute atomic E-state index is 0.192. The van der Waals surface area contributed by atoms with Crippen molar-refractivity contribution in [2.75, 3.05) is 0 Å². The lowest BCUT2D eigenvalue weighted by molar-refractivity contribution is 0.0697. The SMILES string of the molecule is CC(C1CC1)n1cc(C(=O)O)c(-c2ccco2)n1. The number of carboxylic acids is 1. The molecule has 0 aliphatic heterocycles. The van der Waals surface area contributed by atoms with Crippen molar-refractivity contribution in [1.29, 1.82) is 0 Å². The van der Waals surface area contributed by atoms with Crippen LogP contribution in [-0.2, 0) is 0 Å². The zero-order chi connectivity index (χ0) is 12.7. The Morgan fingerprint density at radius 1 is 1.61 bits per heavy atom. The van der Waals surface area contributed by atoms with Gasteiger partial charge in [-0.3, -0.25) is 4.68 Å². The van der Waals surface area contributed by atoms with E-state index in [1.807, 2.05) is 0 Å². The molecule has 1 aliphatic carbocycles. The number of aromatic nitrogens is 2. The standard InChI is InChI=1S/C13H14N2O3/c1-8(9-4-5-9)15-7-10(13(16)17)12(14-15)11-3-2-6-18-11/h2-3,6-9H,4-5H2,1H3,(H,16,17). The van der Waals surface area contributed by atoms with Gasteiger partial charge in [0, 0.05) is 6.20 Å². The van der Waals surface area contributed by atoms with Gasteiger partial charge in [0.15, 0.2) is 5.76 Å². The summed E-state index contributed by atoms with van der Waals surface area (Å²) in [4.78, 5) is 11.2. The minimum Gasteiger partial charge on any atom is -0.478 e. The van der Waals surface area contributed by atoms with Crippen LogP contribution in [0.2, 0.25) is 0 Å². The first-order valence-electron chi connectivity index (χ1n) is 6.03. The van der Waals surface area contributed by atoms with E-state index in [1.165, 1.54) is 19.1 Å². The van der Waals surface area contributed by atoms with E-state index >= 15 is 0 Å². The van der Waals surface area contributed by atoms with Crippen molar-refractivity contribution in [3.8, 4) is 11.5 Å². The first-order valence-corrected chi connectivity index (χ1v) is 6.03. The summed E-state index contributed by atoms with van der Waals surface area (Å²) in [6, 6.07) is 3.69. The summed E-state index contributed by atoms with van der Waals surface area (Å²) in [7, 11) is 0. The summed E-state index contributed by atoms with van der Waals surface area (Å²) in [5.74, 6) is 0.140.